The van der Waals surface area contributed by atoms with Crippen molar-refractivity contribution in [3.05, 3.63) is 29.8 Å². The van der Waals surface area contributed by atoms with Crippen molar-refractivity contribution >= 4 is 0 Å². The number of nitrogens with one attached hydrogen (secondary N) is 1. The number of aliphatic hydroxyl groups excluding tert-OH is 1. The van der Waals surface area contributed by atoms with Gasteiger partial charge in [0, 0.05) is 13.2 Å². The number of benzene rings is 1. The van der Waals surface area contributed by atoms with E-state index in [-0.39, 0.29) is 6.61 Å². The van der Waals surface area contributed by atoms with Crippen molar-refractivity contribution in [1.82, 2.24) is 5.32 Å². The predicted octanol–water partition coefficient (Wildman–Crippen LogP) is 3.36. The Morgan fingerprint density at radius 1 is 1.10 bits per heavy atom. The third kappa shape index (κ3) is 6.92. The molecule has 0 aromatic heterocycles. The maximum Gasteiger partial charge on any atom is 0.119 e. The van der Waals surface area contributed by atoms with Gasteiger partial charge in [-0.1, -0.05) is 32.4 Å². The molecular formula is C17H29NO2. The average molecular weight is 279 g/mol. The maximum absolute atomic E-state index is 9.04. The van der Waals surface area contributed by atoms with Crippen LogP contribution in [0.5, 0.6) is 5.75 Å². The lowest BCUT2D eigenvalue weighted by Gasteiger charge is -2.15. The molecule has 1 aromatic carbocycles. The van der Waals surface area contributed by atoms with Gasteiger partial charge in [-0.2, -0.15) is 0 Å². The minimum Gasteiger partial charge on any atom is -0.494 e. The quantitative estimate of drug-likeness (QED) is 0.652. The molecule has 1 atom stereocenters. The molecule has 114 valence electrons. The Morgan fingerprint density at radius 3 is 2.45 bits per heavy atom. The fraction of sp³-hybridized carbons (Fsp3) is 0.647. The zero-order valence-electron chi connectivity index (χ0n) is 12.9. The number of hydrogen-bond donors (Lipinski definition) is 2. The molecule has 0 amide bonds. The Labute approximate surface area is 123 Å². The Morgan fingerprint density at radius 2 is 1.85 bits per heavy atom. The minimum atomic E-state index is 0.288. The summed E-state index contributed by atoms with van der Waals surface area (Å²) in [6, 6.07) is 8.28. The summed E-state index contributed by atoms with van der Waals surface area (Å²) in [5.74, 6) is 1.52. The summed E-state index contributed by atoms with van der Waals surface area (Å²) in [6.07, 6.45) is 4.28. The van der Waals surface area contributed by atoms with Gasteiger partial charge < -0.3 is 15.2 Å². The van der Waals surface area contributed by atoms with Crippen LogP contribution in [0.15, 0.2) is 24.3 Å². The van der Waals surface area contributed by atoms with E-state index >= 15 is 0 Å². The highest BCUT2D eigenvalue weighted by atomic mass is 16.5. The summed E-state index contributed by atoms with van der Waals surface area (Å²) in [5.41, 5.74) is 1.27. The fourth-order valence-corrected chi connectivity index (χ4v) is 2.28. The molecule has 3 nitrogen and oxygen atoms in total. The molecule has 20 heavy (non-hydrogen) atoms. The van der Waals surface area contributed by atoms with Gasteiger partial charge in [0.25, 0.3) is 0 Å². The summed E-state index contributed by atoms with van der Waals surface area (Å²) in [7, 11) is 0. The largest absolute Gasteiger partial charge is 0.494 e. The van der Waals surface area contributed by atoms with Crippen molar-refractivity contribution in [1.29, 1.82) is 0 Å². The number of aliphatic hydroxyl groups is 1. The van der Waals surface area contributed by atoms with Crippen LogP contribution in [0.1, 0.15) is 45.1 Å². The maximum atomic E-state index is 9.04. The fourth-order valence-electron chi connectivity index (χ4n) is 2.28. The number of rotatable bonds is 11. The molecular weight excluding hydrogens is 250 g/mol. The van der Waals surface area contributed by atoms with E-state index in [1.54, 1.807) is 0 Å². The molecule has 0 radical (unpaired) electrons. The molecule has 0 spiro atoms. The zero-order valence-corrected chi connectivity index (χ0v) is 12.9. The summed E-state index contributed by atoms with van der Waals surface area (Å²) in [5, 5.41) is 12.5. The minimum absolute atomic E-state index is 0.288. The standard InChI is InChI=1S/C17H29NO2/c1-3-5-15(10-11-19)13-18-14-16-6-8-17(9-7-16)20-12-4-2/h6-9,15,18-19H,3-5,10-14H2,1-2H3. The molecule has 3 heteroatoms. The van der Waals surface area contributed by atoms with Crippen LogP contribution in [-0.2, 0) is 6.54 Å². The van der Waals surface area contributed by atoms with Gasteiger partial charge in [-0.05, 0) is 49.4 Å². The van der Waals surface area contributed by atoms with Crippen LogP contribution in [0.3, 0.4) is 0 Å². The second kappa shape index (κ2) is 10.7. The lowest BCUT2D eigenvalue weighted by molar-refractivity contribution is 0.248. The van der Waals surface area contributed by atoms with Crippen LogP contribution in [0.4, 0.5) is 0 Å². The molecule has 0 aliphatic rings. The monoisotopic (exact) mass is 279 g/mol. The Kier molecular flexibility index (Phi) is 9.09. The SMILES string of the molecule is CCCOc1ccc(CNCC(CCC)CCO)cc1. The molecule has 0 aliphatic carbocycles. The summed E-state index contributed by atoms with van der Waals surface area (Å²) in [4.78, 5) is 0. The first kappa shape index (κ1) is 17.0. The normalized spacial score (nSPS) is 12.3. The molecule has 0 saturated carbocycles. The highest BCUT2D eigenvalue weighted by Crippen LogP contribution is 2.13. The first-order chi connectivity index (χ1) is 9.80. The van der Waals surface area contributed by atoms with E-state index in [1.807, 2.05) is 12.1 Å². The Balaban J connectivity index is 2.30. The van der Waals surface area contributed by atoms with Crippen LogP contribution >= 0.6 is 0 Å². The molecule has 0 heterocycles. The van der Waals surface area contributed by atoms with Crippen molar-refractivity contribution in [2.75, 3.05) is 19.8 Å². The van der Waals surface area contributed by atoms with Crippen LogP contribution in [0.25, 0.3) is 0 Å². The molecule has 0 saturated heterocycles. The molecule has 1 unspecified atom stereocenters. The first-order valence-corrected chi connectivity index (χ1v) is 7.83. The highest BCUT2D eigenvalue weighted by molar-refractivity contribution is 5.27. The van der Waals surface area contributed by atoms with Gasteiger partial charge in [0.1, 0.15) is 5.75 Å². The zero-order chi connectivity index (χ0) is 14.6. The van der Waals surface area contributed by atoms with Crippen molar-refractivity contribution in [3.63, 3.8) is 0 Å². The second-order valence-electron chi connectivity index (χ2n) is 5.29. The summed E-state index contributed by atoms with van der Waals surface area (Å²) < 4.78 is 5.57. The second-order valence-corrected chi connectivity index (χ2v) is 5.29. The first-order valence-electron chi connectivity index (χ1n) is 7.83. The van der Waals surface area contributed by atoms with Crippen LogP contribution in [-0.4, -0.2) is 24.9 Å². The van der Waals surface area contributed by atoms with E-state index < -0.39 is 0 Å². The van der Waals surface area contributed by atoms with E-state index in [1.165, 1.54) is 18.4 Å². The lowest BCUT2D eigenvalue weighted by atomic mass is 10.0. The molecule has 0 bridgehead atoms. The van der Waals surface area contributed by atoms with Crippen LogP contribution in [0.2, 0.25) is 0 Å². The third-order valence-electron chi connectivity index (χ3n) is 3.39. The van der Waals surface area contributed by atoms with E-state index in [2.05, 4.69) is 31.3 Å². The Hall–Kier alpha value is -1.06. The van der Waals surface area contributed by atoms with Gasteiger partial charge in [0.15, 0.2) is 0 Å². The van der Waals surface area contributed by atoms with Gasteiger partial charge in [-0.3, -0.25) is 0 Å². The van der Waals surface area contributed by atoms with Crippen LogP contribution in [0, 0.1) is 5.92 Å². The van der Waals surface area contributed by atoms with E-state index in [4.69, 9.17) is 9.84 Å². The topological polar surface area (TPSA) is 41.5 Å². The molecule has 2 N–H and O–H groups in total. The van der Waals surface area contributed by atoms with Crippen molar-refractivity contribution in [2.45, 2.75) is 46.1 Å². The van der Waals surface area contributed by atoms with Gasteiger partial charge in [0.2, 0.25) is 0 Å². The van der Waals surface area contributed by atoms with Gasteiger partial charge >= 0.3 is 0 Å². The van der Waals surface area contributed by atoms with Gasteiger partial charge in [-0.15, -0.1) is 0 Å². The van der Waals surface area contributed by atoms with Crippen molar-refractivity contribution in [3.8, 4) is 5.75 Å². The highest BCUT2D eigenvalue weighted by Gasteiger charge is 2.06. The molecule has 1 aromatic rings. The van der Waals surface area contributed by atoms with E-state index in [0.717, 1.165) is 38.3 Å². The van der Waals surface area contributed by atoms with Crippen molar-refractivity contribution < 1.29 is 9.84 Å². The molecule has 0 aliphatic heterocycles. The average Bonchev–Trinajstić information content (AvgIpc) is 2.47. The van der Waals surface area contributed by atoms with E-state index in [9.17, 15) is 0 Å². The summed E-state index contributed by atoms with van der Waals surface area (Å²) in [6.45, 7) is 7.21. The molecule has 0 fully saturated rings. The van der Waals surface area contributed by atoms with Gasteiger partial charge in [-0.25, -0.2) is 0 Å². The smallest absolute Gasteiger partial charge is 0.119 e. The van der Waals surface area contributed by atoms with Crippen molar-refractivity contribution in [2.24, 2.45) is 5.92 Å². The molecule has 1 rings (SSSR count). The summed E-state index contributed by atoms with van der Waals surface area (Å²) >= 11 is 0. The lowest BCUT2D eigenvalue weighted by Crippen LogP contribution is -2.23. The Bertz CT molecular complexity index is 331. The van der Waals surface area contributed by atoms with Crippen LogP contribution < -0.4 is 10.1 Å². The van der Waals surface area contributed by atoms with E-state index in [0.29, 0.717) is 5.92 Å². The van der Waals surface area contributed by atoms with Gasteiger partial charge in [0.05, 0.1) is 6.61 Å². The number of ether oxygens (including phenoxy) is 1. The third-order valence-corrected chi connectivity index (χ3v) is 3.39. The number of hydrogen-bond acceptors (Lipinski definition) is 3. The predicted molar refractivity (Wildman–Crippen MR) is 84.0 cm³/mol.